The number of hydrogen-bond donors (Lipinski definition) is 3. The number of rotatable bonds is 6. The van der Waals surface area contributed by atoms with E-state index in [0.29, 0.717) is 15.5 Å². The van der Waals surface area contributed by atoms with Gasteiger partial charge in [0.05, 0.1) is 11.3 Å². The van der Waals surface area contributed by atoms with Gasteiger partial charge in [0.1, 0.15) is 11.5 Å². The fraction of sp³-hybridized carbons (Fsp3) is 0.300. The average Bonchev–Trinajstić information content (AvgIpc) is 3.16. The monoisotopic (exact) mass is 503 g/mol. The van der Waals surface area contributed by atoms with Crippen LogP contribution in [0.25, 0.3) is 11.0 Å². The van der Waals surface area contributed by atoms with Gasteiger partial charge in [0, 0.05) is 33.6 Å². The Kier molecular flexibility index (Phi) is 11.3. The van der Waals surface area contributed by atoms with Crippen molar-refractivity contribution in [3.05, 3.63) is 57.8 Å². The molecule has 0 fully saturated rings. The topological polar surface area (TPSA) is 57.8 Å². The Labute approximate surface area is 187 Å². The number of pyridine rings is 1. The molecule has 1 aromatic carbocycles. The first-order valence-electron chi connectivity index (χ1n) is 9.00. The quantitative estimate of drug-likeness (QED) is 0.148. The summed E-state index contributed by atoms with van der Waals surface area (Å²) in [7, 11) is 0. The number of aromatic amines is 1. The lowest BCUT2D eigenvalue weighted by Gasteiger charge is -2.10. The van der Waals surface area contributed by atoms with Gasteiger partial charge >= 0.3 is 0 Å². The predicted molar refractivity (Wildman–Crippen MR) is 126 cm³/mol. The molecule has 2 N–H and O–H groups in total. The van der Waals surface area contributed by atoms with E-state index in [4.69, 9.17) is 0 Å². The molecule has 0 saturated heterocycles. The van der Waals surface area contributed by atoms with Crippen LogP contribution in [0, 0.1) is 11.6 Å². The zero-order valence-electron chi connectivity index (χ0n) is 16.6. The molecule has 0 amide bonds. The highest BCUT2D eigenvalue weighted by Crippen LogP contribution is 2.28. The molecule has 0 spiro atoms. The molecule has 0 atom stereocenters. The van der Waals surface area contributed by atoms with Crippen molar-refractivity contribution < 1.29 is 13.6 Å². The standard InChI is InChI=1S/C17H14BrF2N3OS.C2H6.CH4S/c1-2-5-25-23-13-4-3-12(19)14(15(13)20)16(24)11-8-22-17-10(11)6-9(18)7-21-17;2*1-2/h3-4,6-8,23H,2,5H2,1H3,(H,21,22);1-2H3;2H,1H3. The number of ketones is 1. The summed E-state index contributed by atoms with van der Waals surface area (Å²) in [5.74, 6) is -1.76. The van der Waals surface area contributed by atoms with E-state index >= 15 is 0 Å². The molecule has 0 bridgehead atoms. The Morgan fingerprint density at radius 1 is 1.31 bits per heavy atom. The summed E-state index contributed by atoms with van der Waals surface area (Å²) in [6.07, 6.45) is 5.59. The number of thiol groups is 1. The molecule has 0 aliphatic rings. The van der Waals surface area contributed by atoms with Crippen LogP contribution >= 0.6 is 40.5 Å². The lowest BCUT2D eigenvalue weighted by atomic mass is 10.0. The first-order valence-corrected chi connectivity index (χ1v) is 11.7. The number of benzene rings is 1. The number of aromatic nitrogens is 2. The van der Waals surface area contributed by atoms with Crippen LogP contribution in [0.3, 0.4) is 0 Å². The molecular formula is C20H24BrF2N3OS2. The highest BCUT2D eigenvalue weighted by atomic mass is 79.9. The lowest BCUT2D eigenvalue weighted by Crippen LogP contribution is -2.09. The SMILES string of the molecule is CC.CCCSNc1ccc(F)c(C(=O)c2c[nH]c3ncc(Br)cc23)c1F.CS. The van der Waals surface area contributed by atoms with Gasteiger partial charge in [0.25, 0.3) is 0 Å². The highest BCUT2D eigenvalue weighted by molar-refractivity contribution is 9.10. The number of hydrogen-bond acceptors (Lipinski definition) is 5. The number of carbonyl (C=O) groups excluding carboxylic acids is 1. The molecule has 0 saturated carbocycles. The van der Waals surface area contributed by atoms with Gasteiger partial charge in [-0.25, -0.2) is 13.8 Å². The molecule has 3 rings (SSSR count). The second-order valence-corrected chi connectivity index (χ2v) is 7.13. The Morgan fingerprint density at radius 3 is 2.66 bits per heavy atom. The van der Waals surface area contributed by atoms with Gasteiger partial charge in [-0.15, -0.1) is 0 Å². The van der Waals surface area contributed by atoms with Crippen LogP contribution < -0.4 is 4.72 Å². The summed E-state index contributed by atoms with van der Waals surface area (Å²) >= 11 is 8.11. The van der Waals surface area contributed by atoms with E-state index in [1.165, 1.54) is 24.2 Å². The maximum absolute atomic E-state index is 14.7. The van der Waals surface area contributed by atoms with Crippen LogP contribution in [-0.2, 0) is 0 Å². The molecule has 2 heterocycles. The summed E-state index contributed by atoms with van der Waals surface area (Å²) < 4.78 is 32.4. The zero-order valence-corrected chi connectivity index (χ0v) is 19.9. The Bertz CT molecular complexity index is 951. The van der Waals surface area contributed by atoms with Crippen LogP contribution in [0.4, 0.5) is 14.5 Å². The molecule has 0 aliphatic heterocycles. The first kappa shape index (κ1) is 25.5. The van der Waals surface area contributed by atoms with E-state index in [9.17, 15) is 13.6 Å². The van der Waals surface area contributed by atoms with Crippen molar-refractivity contribution in [2.45, 2.75) is 27.2 Å². The number of anilines is 1. The third kappa shape index (κ3) is 6.20. The Hall–Kier alpha value is -1.58. The normalized spacial score (nSPS) is 9.93. The molecule has 0 unspecified atom stereocenters. The minimum Gasteiger partial charge on any atom is -0.345 e. The maximum Gasteiger partial charge on any atom is 0.201 e. The Morgan fingerprint density at radius 2 is 2.00 bits per heavy atom. The van der Waals surface area contributed by atoms with Crippen LogP contribution in [0.15, 0.2) is 35.1 Å². The molecule has 9 heteroatoms. The van der Waals surface area contributed by atoms with Crippen LogP contribution in [0.5, 0.6) is 0 Å². The third-order valence-electron chi connectivity index (χ3n) is 3.55. The largest absolute Gasteiger partial charge is 0.345 e. The van der Waals surface area contributed by atoms with E-state index in [2.05, 4.69) is 43.2 Å². The number of nitrogens with one attached hydrogen (secondary N) is 2. The third-order valence-corrected chi connectivity index (χ3v) is 4.96. The maximum atomic E-state index is 14.7. The van der Waals surface area contributed by atoms with Gasteiger partial charge in [-0.2, -0.15) is 12.6 Å². The molecule has 29 heavy (non-hydrogen) atoms. The smallest absolute Gasteiger partial charge is 0.201 e. The predicted octanol–water partition coefficient (Wildman–Crippen LogP) is 6.88. The molecule has 158 valence electrons. The highest BCUT2D eigenvalue weighted by Gasteiger charge is 2.24. The molecular weight excluding hydrogens is 480 g/mol. The van der Waals surface area contributed by atoms with Crippen molar-refractivity contribution in [1.82, 2.24) is 9.97 Å². The Balaban J connectivity index is 0.000000989. The fourth-order valence-electron chi connectivity index (χ4n) is 2.37. The summed E-state index contributed by atoms with van der Waals surface area (Å²) in [6.45, 7) is 5.99. The van der Waals surface area contributed by atoms with Gasteiger partial charge in [0.2, 0.25) is 5.78 Å². The van der Waals surface area contributed by atoms with E-state index in [1.807, 2.05) is 20.8 Å². The van der Waals surface area contributed by atoms with Gasteiger partial charge in [-0.1, -0.05) is 32.7 Å². The van der Waals surface area contributed by atoms with Gasteiger partial charge in [-0.05, 0) is 46.8 Å². The number of halogens is 3. The fourth-order valence-corrected chi connectivity index (χ4v) is 3.32. The summed E-state index contributed by atoms with van der Waals surface area (Å²) in [4.78, 5) is 19.8. The summed E-state index contributed by atoms with van der Waals surface area (Å²) in [6, 6.07) is 4.06. The van der Waals surface area contributed by atoms with Gasteiger partial charge < -0.3 is 9.71 Å². The number of fused-ring (bicyclic) bond motifs is 1. The van der Waals surface area contributed by atoms with Crippen LogP contribution in [0.2, 0.25) is 0 Å². The average molecular weight is 504 g/mol. The van der Waals surface area contributed by atoms with Crippen molar-refractivity contribution in [3.8, 4) is 0 Å². The number of H-pyrrole nitrogens is 1. The molecule has 3 aromatic rings. The van der Waals surface area contributed by atoms with E-state index in [-0.39, 0.29) is 11.3 Å². The number of nitrogens with zero attached hydrogens (tertiary/aromatic N) is 1. The van der Waals surface area contributed by atoms with Crippen LogP contribution in [-0.4, -0.2) is 27.8 Å². The van der Waals surface area contributed by atoms with Crippen molar-refractivity contribution in [3.63, 3.8) is 0 Å². The number of carbonyl (C=O) groups is 1. The van der Waals surface area contributed by atoms with Gasteiger partial charge in [-0.3, -0.25) is 4.79 Å². The van der Waals surface area contributed by atoms with E-state index < -0.39 is 23.0 Å². The van der Waals surface area contributed by atoms with Crippen LogP contribution in [0.1, 0.15) is 43.1 Å². The molecule has 0 aliphatic carbocycles. The molecule has 2 aromatic heterocycles. The van der Waals surface area contributed by atoms with E-state index in [1.54, 1.807) is 18.5 Å². The minimum absolute atomic E-state index is 0.0855. The zero-order chi connectivity index (χ0) is 22.0. The molecule has 4 nitrogen and oxygen atoms in total. The molecule has 0 radical (unpaired) electrons. The second kappa shape index (κ2) is 12.9. The van der Waals surface area contributed by atoms with Gasteiger partial charge in [0.15, 0.2) is 5.82 Å². The summed E-state index contributed by atoms with van der Waals surface area (Å²) in [5, 5.41) is 0.497. The van der Waals surface area contributed by atoms with Crippen molar-refractivity contribution in [2.24, 2.45) is 0 Å². The lowest BCUT2D eigenvalue weighted by molar-refractivity contribution is 0.103. The van der Waals surface area contributed by atoms with Crippen molar-refractivity contribution in [2.75, 3.05) is 16.7 Å². The first-order chi connectivity index (χ1) is 14.0. The van der Waals surface area contributed by atoms with E-state index in [0.717, 1.165) is 18.2 Å². The van der Waals surface area contributed by atoms with Crippen molar-refractivity contribution >= 4 is 63.0 Å². The second-order valence-electron chi connectivity index (χ2n) is 5.32. The van der Waals surface area contributed by atoms with Crippen molar-refractivity contribution in [1.29, 1.82) is 0 Å². The minimum atomic E-state index is -0.897. The summed E-state index contributed by atoms with van der Waals surface area (Å²) in [5.41, 5.74) is 0.144.